The van der Waals surface area contributed by atoms with Gasteiger partial charge in [-0.15, -0.1) is 0 Å². The molecular formula is C24H34ClN7O. The second-order valence-electron chi connectivity index (χ2n) is 9.77. The van der Waals surface area contributed by atoms with Gasteiger partial charge in [-0.1, -0.05) is 30.9 Å². The van der Waals surface area contributed by atoms with Gasteiger partial charge in [0.15, 0.2) is 17.0 Å². The molecule has 0 spiro atoms. The van der Waals surface area contributed by atoms with Gasteiger partial charge < -0.3 is 26.0 Å². The highest BCUT2D eigenvalue weighted by atomic mass is 35.5. The number of nitrogen functional groups attached to an aromatic ring is 1. The van der Waals surface area contributed by atoms with Gasteiger partial charge in [-0.05, 0) is 63.8 Å². The minimum atomic E-state index is -0.786. The van der Waals surface area contributed by atoms with Crippen molar-refractivity contribution in [1.29, 1.82) is 0 Å². The summed E-state index contributed by atoms with van der Waals surface area (Å²) in [6.45, 7) is 6.09. The number of rotatable bonds is 8. The molecule has 0 amide bonds. The molecule has 1 aromatic carbocycles. The first-order valence-corrected chi connectivity index (χ1v) is 12.1. The molecule has 1 atom stereocenters. The monoisotopic (exact) mass is 471 g/mol. The lowest BCUT2D eigenvalue weighted by Gasteiger charge is -2.24. The zero-order valence-corrected chi connectivity index (χ0v) is 20.4. The zero-order valence-electron chi connectivity index (χ0n) is 19.6. The van der Waals surface area contributed by atoms with Crippen LogP contribution in [0.3, 0.4) is 0 Å². The van der Waals surface area contributed by atoms with Crippen LogP contribution in [0.25, 0.3) is 11.2 Å². The number of aromatic nitrogens is 4. The molecule has 4 rings (SSSR count). The third-order valence-corrected chi connectivity index (χ3v) is 6.36. The van der Waals surface area contributed by atoms with E-state index in [-0.39, 0.29) is 6.04 Å². The Kier molecular flexibility index (Phi) is 6.95. The summed E-state index contributed by atoms with van der Waals surface area (Å²) >= 11 is 6.16. The smallest absolute Gasteiger partial charge is 0.226 e. The molecule has 0 saturated heterocycles. The summed E-state index contributed by atoms with van der Waals surface area (Å²) in [6.07, 6.45) is 8.46. The number of anilines is 3. The Hall–Kier alpha value is -2.58. The Labute approximate surface area is 200 Å². The summed E-state index contributed by atoms with van der Waals surface area (Å²) < 4.78 is 2.20. The van der Waals surface area contributed by atoms with Crippen LogP contribution < -0.4 is 16.4 Å². The lowest BCUT2D eigenvalue weighted by atomic mass is 9.95. The molecular weight excluding hydrogens is 438 g/mol. The van der Waals surface area contributed by atoms with E-state index in [4.69, 9.17) is 27.3 Å². The number of benzene rings is 1. The summed E-state index contributed by atoms with van der Waals surface area (Å²) in [5.41, 5.74) is 8.47. The van der Waals surface area contributed by atoms with Crippen molar-refractivity contribution >= 4 is 40.2 Å². The van der Waals surface area contributed by atoms with Crippen LogP contribution in [0.4, 0.5) is 17.5 Å². The van der Waals surface area contributed by atoms with Gasteiger partial charge >= 0.3 is 0 Å². The molecule has 33 heavy (non-hydrogen) atoms. The third-order valence-electron chi connectivity index (χ3n) is 6.12. The van der Waals surface area contributed by atoms with Crippen LogP contribution in [0.15, 0.2) is 24.5 Å². The number of aliphatic hydroxyl groups is 1. The van der Waals surface area contributed by atoms with Crippen LogP contribution in [0, 0.1) is 0 Å². The number of fused-ring (bicyclic) bond motifs is 1. The molecule has 1 saturated carbocycles. The molecule has 9 heteroatoms. The van der Waals surface area contributed by atoms with Crippen LogP contribution in [0.5, 0.6) is 0 Å². The van der Waals surface area contributed by atoms with E-state index in [1.54, 1.807) is 26.0 Å². The highest BCUT2D eigenvalue weighted by Gasteiger charge is 2.22. The van der Waals surface area contributed by atoms with Crippen molar-refractivity contribution < 1.29 is 5.11 Å². The summed E-state index contributed by atoms with van der Waals surface area (Å²) in [7, 11) is 0. The Morgan fingerprint density at radius 1 is 1.24 bits per heavy atom. The number of halogens is 1. The topological polar surface area (TPSA) is 114 Å². The number of nitrogens with zero attached hydrogens (tertiary/aromatic N) is 4. The summed E-state index contributed by atoms with van der Waals surface area (Å²) in [6, 6.07) is 5.83. The van der Waals surface area contributed by atoms with Gasteiger partial charge in [0.1, 0.15) is 0 Å². The Morgan fingerprint density at radius 2 is 2.00 bits per heavy atom. The molecule has 0 aliphatic heterocycles. The highest BCUT2D eigenvalue weighted by molar-refractivity contribution is 6.30. The minimum Gasteiger partial charge on any atom is -0.398 e. The van der Waals surface area contributed by atoms with E-state index < -0.39 is 5.60 Å². The average molecular weight is 472 g/mol. The number of hydrogen-bond donors (Lipinski definition) is 4. The second-order valence-corrected chi connectivity index (χ2v) is 10.2. The van der Waals surface area contributed by atoms with Crippen molar-refractivity contribution in [3.8, 4) is 0 Å². The largest absolute Gasteiger partial charge is 0.398 e. The second kappa shape index (κ2) is 9.73. The van der Waals surface area contributed by atoms with Gasteiger partial charge in [0, 0.05) is 29.3 Å². The third kappa shape index (κ3) is 5.86. The van der Waals surface area contributed by atoms with Crippen molar-refractivity contribution in [2.45, 2.75) is 83.5 Å². The lowest BCUT2D eigenvalue weighted by Crippen LogP contribution is -2.29. The zero-order chi connectivity index (χ0) is 23.6. The maximum atomic E-state index is 10.2. The number of nitrogens with one attached hydrogen (secondary N) is 2. The standard InChI is InChI=1S/C24H34ClN7O/c1-15(12-24(2,3)33)29-23-30-21(27-13-16-11-17(25)9-10-19(16)26)20-22(31-23)32(14-28-20)18-7-5-4-6-8-18/h9-11,14-15,18,33H,4-8,12-13,26H2,1-3H3,(H2,27,29,30,31). The predicted octanol–water partition coefficient (Wildman–Crippen LogP) is 5.14. The minimum absolute atomic E-state index is 0.00933. The van der Waals surface area contributed by atoms with Crippen molar-refractivity contribution in [2.24, 2.45) is 0 Å². The van der Waals surface area contributed by atoms with Gasteiger partial charge in [0.05, 0.1) is 11.9 Å². The fourth-order valence-electron chi connectivity index (χ4n) is 4.66. The maximum Gasteiger partial charge on any atom is 0.226 e. The molecule has 0 radical (unpaired) electrons. The Balaban J connectivity index is 1.67. The maximum absolute atomic E-state index is 10.2. The number of nitrogens with two attached hydrogens (primary N) is 1. The molecule has 1 unspecified atom stereocenters. The highest BCUT2D eigenvalue weighted by Crippen LogP contribution is 2.32. The molecule has 8 nitrogen and oxygen atoms in total. The molecule has 0 bridgehead atoms. The summed E-state index contributed by atoms with van der Waals surface area (Å²) in [4.78, 5) is 14.2. The van der Waals surface area contributed by atoms with Crippen LogP contribution >= 0.6 is 11.6 Å². The van der Waals surface area contributed by atoms with E-state index in [1.165, 1.54) is 19.3 Å². The molecule has 2 aromatic heterocycles. The lowest BCUT2D eigenvalue weighted by molar-refractivity contribution is 0.0672. The van der Waals surface area contributed by atoms with E-state index in [2.05, 4.69) is 20.2 Å². The van der Waals surface area contributed by atoms with E-state index in [0.717, 1.165) is 29.6 Å². The molecule has 3 aromatic rings. The van der Waals surface area contributed by atoms with Gasteiger partial charge in [-0.2, -0.15) is 9.97 Å². The van der Waals surface area contributed by atoms with Crippen LogP contribution in [-0.4, -0.2) is 36.3 Å². The quantitative estimate of drug-likeness (QED) is 0.336. The summed E-state index contributed by atoms with van der Waals surface area (Å²) in [5.74, 6) is 1.16. The first kappa shape index (κ1) is 23.6. The van der Waals surface area contributed by atoms with E-state index in [1.807, 2.05) is 19.3 Å². The molecule has 1 fully saturated rings. The van der Waals surface area contributed by atoms with Crippen LogP contribution in [-0.2, 0) is 6.54 Å². The SMILES string of the molecule is CC(CC(C)(C)O)Nc1nc(NCc2cc(Cl)ccc2N)c2ncn(C3CCCCC3)c2n1. The number of imidazole rings is 1. The first-order valence-electron chi connectivity index (χ1n) is 11.7. The van der Waals surface area contributed by atoms with Crippen LogP contribution in [0.1, 0.15) is 70.9 Å². The molecule has 2 heterocycles. The molecule has 5 N–H and O–H groups in total. The average Bonchev–Trinajstić information content (AvgIpc) is 3.17. The fourth-order valence-corrected chi connectivity index (χ4v) is 4.85. The van der Waals surface area contributed by atoms with Gasteiger partial charge in [0.2, 0.25) is 5.95 Å². The van der Waals surface area contributed by atoms with Gasteiger partial charge in [-0.3, -0.25) is 0 Å². The van der Waals surface area contributed by atoms with E-state index in [9.17, 15) is 5.11 Å². The summed E-state index contributed by atoms with van der Waals surface area (Å²) in [5, 5.41) is 17.6. The van der Waals surface area contributed by atoms with Crippen LogP contribution in [0.2, 0.25) is 5.02 Å². The van der Waals surface area contributed by atoms with Crippen molar-refractivity contribution in [3.63, 3.8) is 0 Å². The Morgan fingerprint density at radius 3 is 2.73 bits per heavy atom. The Bertz CT molecular complexity index is 1100. The number of hydrogen-bond acceptors (Lipinski definition) is 7. The van der Waals surface area contributed by atoms with E-state index >= 15 is 0 Å². The van der Waals surface area contributed by atoms with E-state index in [0.29, 0.717) is 41.5 Å². The molecule has 1 aliphatic rings. The van der Waals surface area contributed by atoms with Gasteiger partial charge in [0.25, 0.3) is 0 Å². The first-order chi connectivity index (χ1) is 15.7. The van der Waals surface area contributed by atoms with Crippen molar-refractivity contribution in [2.75, 3.05) is 16.4 Å². The van der Waals surface area contributed by atoms with Crippen molar-refractivity contribution in [1.82, 2.24) is 19.5 Å². The predicted molar refractivity (Wildman–Crippen MR) is 135 cm³/mol. The van der Waals surface area contributed by atoms with Gasteiger partial charge in [-0.25, -0.2) is 4.98 Å². The van der Waals surface area contributed by atoms with Crippen molar-refractivity contribution in [3.05, 3.63) is 35.1 Å². The normalized spacial score (nSPS) is 16.2. The molecule has 1 aliphatic carbocycles. The fraction of sp³-hybridized carbons (Fsp3) is 0.542. The molecule has 178 valence electrons.